The lowest BCUT2D eigenvalue weighted by Crippen LogP contribution is -2.45. The van der Waals surface area contributed by atoms with Crippen molar-refractivity contribution in [2.75, 3.05) is 13.1 Å². The Kier molecular flexibility index (Phi) is 3.75. The maximum atomic E-state index is 11.7. The minimum absolute atomic E-state index is 0.197. The third-order valence-corrected chi connectivity index (χ3v) is 3.66. The van der Waals surface area contributed by atoms with Crippen LogP contribution in [0.5, 0.6) is 0 Å². The van der Waals surface area contributed by atoms with Crippen LogP contribution >= 0.6 is 11.3 Å². The van der Waals surface area contributed by atoms with Gasteiger partial charge in [0, 0.05) is 11.3 Å². The third-order valence-electron chi connectivity index (χ3n) is 2.72. The summed E-state index contributed by atoms with van der Waals surface area (Å²) >= 11 is 1.33. The minimum atomic E-state index is -1.02. The van der Waals surface area contributed by atoms with Gasteiger partial charge in [0.15, 0.2) is 6.04 Å². The van der Waals surface area contributed by atoms with Gasteiger partial charge in [0.2, 0.25) is 5.91 Å². The average molecular weight is 254 g/mol. The van der Waals surface area contributed by atoms with E-state index in [2.05, 4.69) is 10.6 Å². The second kappa shape index (κ2) is 5.29. The highest BCUT2D eigenvalue weighted by Gasteiger charge is 2.26. The Balaban J connectivity index is 1.93. The van der Waals surface area contributed by atoms with Gasteiger partial charge in [-0.05, 0) is 30.5 Å². The topological polar surface area (TPSA) is 78.4 Å². The van der Waals surface area contributed by atoms with Crippen molar-refractivity contribution in [1.82, 2.24) is 10.6 Å². The fraction of sp³-hybridized carbons (Fsp3) is 0.455. The lowest BCUT2D eigenvalue weighted by atomic mass is 9.99. The molecule has 5 nitrogen and oxygen atoms in total. The summed E-state index contributed by atoms with van der Waals surface area (Å²) in [7, 11) is 0. The van der Waals surface area contributed by atoms with Gasteiger partial charge in [-0.3, -0.25) is 4.79 Å². The van der Waals surface area contributed by atoms with Crippen LogP contribution in [0.25, 0.3) is 0 Å². The van der Waals surface area contributed by atoms with Crippen molar-refractivity contribution in [3.8, 4) is 0 Å². The first kappa shape index (κ1) is 12.1. The van der Waals surface area contributed by atoms with Crippen molar-refractivity contribution in [2.45, 2.75) is 12.5 Å². The fourth-order valence-corrected chi connectivity index (χ4v) is 2.45. The largest absolute Gasteiger partial charge is 0.479 e. The zero-order chi connectivity index (χ0) is 12.3. The SMILES string of the molecule is O=C(CC1CNC1)NC(C(=O)O)c1cccs1. The molecule has 1 fully saturated rings. The molecule has 2 heterocycles. The van der Waals surface area contributed by atoms with Crippen LogP contribution in [0, 0.1) is 5.92 Å². The van der Waals surface area contributed by atoms with Crippen LogP contribution in [0.4, 0.5) is 0 Å². The summed E-state index contributed by atoms with van der Waals surface area (Å²) in [4.78, 5) is 23.4. The van der Waals surface area contributed by atoms with Crippen LogP contribution in [-0.2, 0) is 9.59 Å². The summed E-state index contributed by atoms with van der Waals surface area (Å²) in [5.74, 6) is -0.877. The molecule has 1 aromatic rings. The molecule has 0 saturated carbocycles. The van der Waals surface area contributed by atoms with Gasteiger partial charge in [-0.1, -0.05) is 6.07 Å². The molecule has 3 N–H and O–H groups in total. The number of carboxylic acids is 1. The second-order valence-corrected chi connectivity index (χ2v) is 5.06. The smallest absolute Gasteiger partial charge is 0.331 e. The number of carboxylic acid groups (broad SMARTS) is 1. The van der Waals surface area contributed by atoms with Gasteiger partial charge in [0.25, 0.3) is 0 Å². The van der Waals surface area contributed by atoms with Gasteiger partial charge in [-0.2, -0.15) is 0 Å². The number of amides is 1. The molecule has 1 saturated heterocycles. The Bertz CT molecular complexity index is 401. The van der Waals surface area contributed by atoms with Crippen molar-refractivity contribution in [2.24, 2.45) is 5.92 Å². The summed E-state index contributed by atoms with van der Waals surface area (Å²) in [5, 5.41) is 16.5. The Hall–Kier alpha value is -1.40. The van der Waals surface area contributed by atoms with E-state index in [9.17, 15) is 9.59 Å². The fourth-order valence-electron chi connectivity index (χ4n) is 1.68. The van der Waals surface area contributed by atoms with Crippen molar-refractivity contribution in [3.05, 3.63) is 22.4 Å². The average Bonchev–Trinajstić information content (AvgIpc) is 2.72. The van der Waals surface area contributed by atoms with Crippen LogP contribution in [0.15, 0.2) is 17.5 Å². The van der Waals surface area contributed by atoms with E-state index >= 15 is 0 Å². The van der Waals surface area contributed by atoms with E-state index in [-0.39, 0.29) is 5.91 Å². The van der Waals surface area contributed by atoms with E-state index < -0.39 is 12.0 Å². The summed E-state index contributed by atoms with van der Waals surface area (Å²) in [6.07, 6.45) is 0.391. The van der Waals surface area contributed by atoms with Gasteiger partial charge < -0.3 is 15.7 Å². The summed E-state index contributed by atoms with van der Waals surface area (Å²) in [6, 6.07) is 2.57. The first-order chi connectivity index (χ1) is 8.16. The summed E-state index contributed by atoms with van der Waals surface area (Å²) in [6.45, 7) is 1.67. The molecule has 1 unspecified atom stereocenters. The number of aliphatic carboxylic acids is 1. The first-order valence-electron chi connectivity index (χ1n) is 5.43. The van der Waals surface area contributed by atoms with E-state index in [1.54, 1.807) is 17.5 Å². The molecule has 1 aliphatic heterocycles. The maximum absolute atomic E-state index is 11.7. The molecule has 0 bridgehead atoms. The van der Waals surface area contributed by atoms with Gasteiger partial charge in [0.05, 0.1) is 0 Å². The van der Waals surface area contributed by atoms with Crippen LogP contribution < -0.4 is 10.6 Å². The Morgan fingerprint density at radius 2 is 2.35 bits per heavy atom. The van der Waals surface area contributed by atoms with Crippen molar-refractivity contribution in [3.63, 3.8) is 0 Å². The number of rotatable bonds is 5. The molecular weight excluding hydrogens is 240 g/mol. The van der Waals surface area contributed by atoms with E-state index in [0.717, 1.165) is 13.1 Å². The van der Waals surface area contributed by atoms with Crippen LogP contribution in [-0.4, -0.2) is 30.1 Å². The van der Waals surface area contributed by atoms with E-state index in [1.165, 1.54) is 11.3 Å². The molecule has 0 radical (unpaired) electrons. The monoisotopic (exact) mass is 254 g/mol. The standard InChI is InChI=1S/C11H14N2O3S/c14-9(4-7-5-12-6-7)13-10(11(15)16)8-2-1-3-17-8/h1-3,7,10,12H,4-6H2,(H,13,14)(H,15,16). The molecule has 1 aromatic heterocycles. The van der Waals surface area contributed by atoms with Crippen LogP contribution in [0.1, 0.15) is 17.3 Å². The second-order valence-electron chi connectivity index (χ2n) is 4.08. The predicted molar refractivity (Wildman–Crippen MR) is 63.8 cm³/mol. The number of hydrogen-bond donors (Lipinski definition) is 3. The highest BCUT2D eigenvalue weighted by molar-refractivity contribution is 7.10. The van der Waals surface area contributed by atoms with Crippen molar-refractivity contribution < 1.29 is 14.7 Å². The number of hydrogen-bond acceptors (Lipinski definition) is 4. The van der Waals surface area contributed by atoms with Crippen LogP contribution in [0.2, 0.25) is 0 Å². The Labute approximate surface area is 103 Å². The zero-order valence-electron chi connectivity index (χ0n) is 9.18. The molecule has 2 rings (SSSR count). The van der Waals surface area contributed by atoms with Gasteiger partial charge in [-0.15, -0.1) is 11.3 Å². The van der Waals surface area contributed by atoms with Crippen LogP contribution in [0.3, 0.4) is 0 Å². The van der Waals surface area contributed by atoms with E-state index in [4.69, 9.17) is 5.11 Å². The lowest BCUT2D eigenvalue weighted by molar-refractivity contribution is -0.142. The first-order valence-corrected chi connectivity index (χ1v) is 6.31. The van der Waals surface area contributed by atoms with Gasteiger partial charge in [0.1, 0.15) is 0 Å². The van der Waals surface area contributed by atoms with Gasteiger partial charge >= 0.3 is 5.97 Å². The minimum Gasteiger partial charge on any atom is -0.479 e. The quantitative estimate of drug-likeness (QED) is 0.719. The Morgan fingerprint density at radius 1 is 1.59 bits per heavy atom. The molecule has 1 atom stereocenters. The normalized spacial score (nSPS) is 17.2. The van der Waals surface area contributed by atoms with E-state index in [1.807, 2.05) is 0 Å². The van der Waals surface area contributed by atoms with Crippen molar-refractivity contribution >= 4 is 23.2 Å². The predicted octanol–water partition coefficient (Wildman–Crippen LogP) is 0.600. The number of nitrogens with one attached hydrogen (secondary N) is 2. The lowest BCUT2D eigenvalue weighted by Gasteiger charge is -2.26. The molecule has 0 aromatic carbocycles. The number of carbonyl (C=O) groups excluding carboxylic acids is 1. The third kappa shape index (κ3) is 3.04. The Morgan fingerprint density at radius 3 is 2.82 bits per heavy atom. The van der Waals surface area contributed by atoms with E-state index in [0.29, 0.717) is 17.2 Å². The number of thiophene rings is 1. The molecule has 17 heavy (non-hydrogen) atoms. The summed E-state index contributed by atoms with van der Waals surface area (Å²) < 4.78 is 0. The molecule has 6 heteroatoms. The molecular formula is C11H14N2O3S. The van der Waals surface area contributed by atoms with Gasteiger partial charge in [-0.25, -0.2) is 4.79 Å². The molecule has 1 amide bonds. The molecule has 1 aliphatic rings. The highest BCUT2D eigenvalue weighted by atomic mass is 32.1. The zero-order valence-corrected chi connectivity index (χ0v) is 10.00. The van der Waals surface area contributed by atoms with Crippen molar-refractivity contribution in [1.29, 1.82) is 0 Å². The molecule has 92 valence electrons. The molecule has 0 spiro atoms. The maximum Gasteiger partial charge on any atom is 0.331 e. The number of carbonyl (C=O) groups is 2. The summed E-state index contributed by atoms with van der Waals surface area (Å²) in [5.41, 5.74) is 0. The molecule has 0 aliphatic carbocycles. The highest BCUT2D eigenvalue weighted by Crippen LogP contribution is 2.20.